The van der Waals surface area contributed by atoms with Gasteiger partial charge in [0.05, 0.1) is 17.6 Å². The summed E-state index contributed by atoms with van der Waals surface area (Å²) in [5.41, 5.74) is 1.38. The quantitative estimate of drug-likeness (QED) is 0.572. The molecule has 1 saturated carbocycles. The number of carboxylic acid groups (broad SMARTS) is 1. The van der Waals surface area contributed by atoms with Crippen molar-refractivity contribution in [3.05, 3.63) is 34.6 Å². The van der Waals surface area contributed by atoms with Gasteiger partial charge in [-0.3, -0.25) is 14.5 Å². The maximum Gasteiger partial charge on any atom is 0.326 e. The minimum Gasteiger partial charge on any atom is -0.480 e. The van der Waals surface area contributed by atoms with Crippen LogP contribution in [0, 0.1) is 0 Å². The number of rotatable bonds is 6. The number of carboxylic acids is 1. The fourth-order valence-corrected chi connectivity index (χ4v) is 7.94. The van der Waals surface area contributed by atoms with E-state index in [2.05, 4.69) is 15.2 Å². The first-order chi connectivity index (χ1) is 19.0. The highest BCUT2D eigenvalue weighted by Crippen LogP contribution is 2.44. The van der Waals surface area contributed by atoms with Gasteiger partial charge < -0.3 is 19.9 Å². The Bertz CT molecular complexity index is 1260. The molecule has 2 aromatic rings. The first-order valence-corrected chi connectivity index (χ1v) is 15.1. The summed E-state index contributed by atoms with van der Waals surface area (Å²) < 4.78 is 1.94. The van der Waals surface area contributed by atoms with Gasteiger partial charge in [0.2, 0.25) is 5.91 Å². The van der Waals surface area contributed by atoms with Gasteiger partial charge in [0.15, 0.2) is 5.82 Å². The van der Waals surface area contributed by atoms with Crippen molar-refractivity contribution in [1.82, 2.24) is 19.4 Å². The molecule has 39 heavy (non-hydrogen) atoms. The zero-order valence-electron chi connectivity index (χ0n) is 22.8. The summed E-state index contributed by atoms with van der Waals surface area (Å²) in [6, 6.07) is 8.77. The molecule has 1 amide bonds. The Kier molecular flexibility index (Phi) is 7.60. The minimum absolute atomic E-state index is 0.0962. The van der Waals surface area contributed by atoms with Gasteiger partial charge in [-0.1, -0.05) is 44.2 Å². The van der Waals surface area contributed by atoms with Gasteiger partial charge in [0.1, 0.15) is 6.04 Å². The summed E-state index contributed by atoms with van der Waals surface area (Å²) in [5, 5.41) is 12.4. The lowest BCUT2D eigenvalue weighted by atomic mass is 9.89. The number of carbonyl (C=O) groups is 2. The molecule has 210 valence electrons. The van der Waals surface area contributed by atoms with Crippen LogP contribution in [0.5, 0.6) is 0 Å². The van der Waals surface area contributed by atoms with Crippen LogP contribution in [0.1, 0.15) is 89.5 Å². The molecule has 4 aliphatic rings. The molecule has 9 heteroatoms. The van der Waals surface area contributed by atoms with Gasteiger partial charge in [-0.25, -0.2) is 9.78 Å². The lowest BCUT2D eigenvalue weighted by molar-refractivity contribution is -0.147. The fourth-order valence-electron chi connectivity index (χ4n) is 7.94. The van der Waals surface area contributed by atoms with E-state index in [1.54, 1.807) is 0 Å². The number of likely N-dealkylation sites (tertiary alicyclic amines) is 1. The molecule has 1 aliphatic carbocycles. The average Bonchev–Trinajstić information content (AvgIpc) is 3.50. The van der Waals surface area contributed by atoms with Crippen molar-refractivity contribution in [1.29, 1.82) is 0 Å². The molecular weight excluding hydrogens is 494 g/mol. The first-order valence-electron chi connectivity index (χ1n) is 15.1. The van der Waals surface area contributed by atoms with E-state index in [4.69, 9.17) is 0 Å². The van der Waals surface area contributed by atoms with Crippen LogP contribution in [0.25, 0.3) is 11.0 Å². The molecule has 9 nitrogen and oxygen atoms in total. The maximum absolute atomic E-state index is 13.9. The molecule has 2 bridgehead atoms. The van der Waals surface area contributed by atoms with Gasteiger partial charge in [-0.05, 0) is 63.5 Å². The highest BCUT2D eigenvalue weighted by molar-refractivity contribution is 5.87. The maximum atomic E-state index is 13.9. The van der Waals surface area contributed by atoms with Gasteiger partial charge in [-0.2, -0.15) is 0 Å². The van der Waals surface area contributed by atoms with Crippen molar-refractivity contribution in [3.63, 3.8) is 0 Å². The van der Waals surface area contributed by atoms with Crippen molar-refractivity contribution in [2.75, 3.05) is 18.4 Å². The monoisotopic (exact) mass is 535 g/mol. The van der Waals surface area contributed by atoms with Crippen molar-refractivity contribution in [2.45, 2.75) is 114 Å². The van der Waals surface area contributed by atoms with Crippen LogP contribution in [-0.2, 0) is 9.59 Å². The molecule has 4 fully saturated rings. The number of carbonyl (C=O) groups excluding carboxylic acids is 1. The second-order valence-electron chi connectivity index (χ2n) is 12.0. The van der Waals surface area contributed by atoms with E-state index < -0.39 is 12.0 Å². The zero-order valence-corrected chi connectivity index (χ0v) is 22.8. The van der Waals surface area contributed by atoms with Crippen molar-refractivity contribution < 1.29 is 14.7 Å². The Morgan fingerprint density at radius 2 is 1.56 bits per heavy atom. The molecule has 3 aliphatic heterocycles. The Balaban J connectivity index is 1.24. The number of amides is 1. The number of piperidine rings is 1. The SMILES string of the molecule is O=C(O)C1CCCN1C(=O)CNc1nc2ccccc2n(C2CC3CCC(C2)N3C2CCCCCCC2)c1=O. The van der Waals surface area contributed by atoms with Crippen LogP contribution < -0.4 is 10.9 Å². The Morgan fingerprint density at radius 1 is 0.872 bits per heavy atom. The van der Waals surface area contributed by atoms with Gasteiger partial charge in [-0.15, -0.1) is 0 Å². The molecule has 0 radical (unpaired) electrons. The average molecular weight is 536 g/mol. The topological polar surface area (TPSA) is 108 Å². The van der Waals surface area contributed by atoms with E-state index >= 15 is 0 Å². The van der Waals surface area contributed by atoms with E-state index in [-0.39, 0.29) is 29.9 Å². The molecular formula is C30H41N5O4. The molecule has 1 aromatic carbocycles. The summed E-state index contributed by atoms with van der Waals surface area (Å²) >= 11 is 0. The normalized spacial score (nSPS) is 28.4. The van der Waals surface area contributed by atoms with Crippen molar-refractivity contribution in [3.8, 4) is 0 Å². The number of nitrogens with one attached hydrogen (secondary N) is 1. The van der Waals surface area contributed by atoms with E-state index in [1.165, 1.54) is 62.7 Å². The minimum atomic E-state index is -0.979. The van der Waals surface area contributed by atoms with Crippen LogP contribution in [0.3, 0.4) is 0 Å². The third-order valence-corrected chi connectivity index (χ3v) is 9.69. The van der Waals surface area contributed by atoms with E-state index in [0.717, 1.165) is 23.9 Å². The number of fused-ring (bicyclic) bond motifs is 3. The number of nitrogens with zero attached hydrogens (tertiary/aromatic N) is 4. The molecule has 0 spiro atoms. The highest BCUT2D eigenvalue weighted by Gasteiger charge is 2.44. The molecule has 3 saturated heterocycles. The summed E-state index contributed by atoms with van der Waals surface area (Å²) in [5.74, 6) is -1.12. The number of aromatic nitrogens is 2. The number of aliphatic carboxylic acids is 1. The third-order valence-electron chi connectivity index (χ3n) is 9.69. The Morgan fingerprint density at radius 3 is 2.28 bits per heavy atom. The second-order valence-corrected chi connectivity index (χ2v) is 12.0. The largest absolute Gasteiger partial charge is 0.480 e. The first kappa shape index (κ1) is 26.3. The number of para-hydroxylation sites is 2. The van der Waals surface area contributed by atoms with Crippen LogP contribution in [-0.4, -0.2) is 73.6 Å². The van der Waals surface area contributed by atoms with Crippen LogP contribution in [0.4, 0.5) is 5.82 Å². The Labute approximate surface area is 229 Å². The summed E-state index contributed by atoms with van der Waals surface area (Å²) in [6.45, 7) is 0.283. The van der Waals surface area contributed by atoms with E-state index in [0.29, 0.717) is 37.5 Å². The van der Waals surface area contributed by atoms with E-state index in [9.17, 15) is 19.5 Å². The van der Waals surface area contributed by atoms with E-state index in [1.807, 2.05) is 28.8 Å². The highest BCUT2D eigenvalue weighted by atomic mass is 16.4. The summed E-state index contributed by atoms with van der Waals surface area (Å²) in [7, 11) is 0. The number of hydrogen-bond donors (Lipinski definition) is 2. The van der Waals surface area contributed by atoms with Gasteiger partial charge in [0, 0.05) is 30.7 Å². The summed E-state index contributed by atoms with van der Waals surface area (Å²) in [6.07, 6.45) is 14.8. The smallest absolute Gasteiger partial charge is 0.326 e. The molecule has 1 aromatic heterocycles. The van der Waals surface area contributed by atoms with Crippen molar-refractivity contribution in [2.24, 2.45) is 0 Å². The number of hydrogen-bond acceptors (Lipinski definition) is 6. The predicted molar refractivity (Wildman–Crippen MR) is 150 cm³/mol. The standard InChI is InChI=1S/C30H41N5O4/c36-27(33-16-8-13-26(33)30(38)39)19-31-28-29(37)35(25-12-7-6-11-24(25)32-28)23-17-21-14-15-22(18-23)34(21)20-9-4-2-1-3-5-10-20/h6-7,11-12,20-23,26H,1-5,8-10,13-19H2,(H,31,32)(H,38,39). The lowest BCUT2D eigenvalue weighted by Gasteiger charge is -2.45. The molecule has 3 atom stereocenters. The molecule has 4 heterocycles. The number of benzene rings is 1. The lowest BCUT2D eigenvalue weighted by Crippen LogP contribution is -2.50. The van der Waals surface area contributed by atoms with Gasteiger partial charge >= 0.3 is 5.97 Å². The van der Waals surface area contributed by atoms with Gasteiger partial charge in [0.25, 0.3) is 5.56 Å². The van der Waals surface area contributed by atoms with Crippen LogP contribution in [0.2, 0.25) is 0 Å². The molecule has 6 rings (SSSR count). The predicted octanol–water partition coefficient (Wildman–Crippen LogP) is 4.16. The van der Waals surface area contributed by atoms with Crippen molar-refractivity contribution >= 4 is 28.7 Å². The zero-order chi connectivity index (χ0) is 26.9. The van der Waals surface area contributed by atoms with Crippen LogP contribution in [0.15, 0.2) is 29.1 Å². The molecule has 2 N–H and O–H groups in total. The number of anilines is 1. The fraction of sp³-hybridized carbons (Fsp3) is 0.667. The van der Waals surface area contributed by atoms with Crippen LogP contribution >= 0.6 is 0 Å². The summed E-state index contributed by atoms with van der Waals surface area (Å²) in [4.78, 5) is 47.2. The molecule has 3 unspecified atom stereocenters. The Hall–Kier alpha value is -2.94. The second kappa shape index (κ2) is 11.3. The third kappa shape index (κ3) is 5.17.